The van der Waals surface area contributed by atoms with Crippen molar-refractivity contribution in [3.8, 4) is 11.5 Å². The Morgan fingerprint density at radius 1 is 0.700 bits per heavy atom. The van der Waals surface area contributed by atoms with E-state index in [9.17, 15) is 5.11 Å². The minimum atomic E-state index is -0.240. The minimum Gasteiger partial charge on any atom is -0.508 e. The molecule has 2 aromatic rings. The van der Waals surface area contributed by atoms with E-state index < -0.39 is 0 Å². The molecule has 0 radical (unpaired) electrons. The lowest BCUT2D eigenvalue weighted by Gasteiger charge is -2.51. The summed E-state index contributed by atoms with van der Waals surface area (Å²) in [6.07, 6.45) is 21.4. The highest BCUT2D eigenvalue weighted by molar-refractivity contribution is 5.53. The molecule has 3 rings (SSSR count). The molecule has 1 aliphatic heterocycles. The minimum absolute atomic E-state index is 0.182. The van der Waals surface area contributed by atoms with Crippen LogP contribution in [0.15, 0.2) is 36.4 Å². The first-order valence-corrected chi connectivity index (χ1v) is 16.9. The Bertz CT molecular complexity index is 1030. The predicted octanol–water partition coefficient (Wildman–Crippen LogP) is 11.5. The van der Waals surface area contributed by atoms with Crippen LogP contribution in [0.25, 0.3) is 0 Å². The third kappa shape index (κ3) is 8.07. The van der Waals surface area contributed by atoms with Gasteiger partial charge in [0.2, 0.25) is 0 Å². The smallest absolute Gasteiger partial charge is 0.124 e. The number of phenolic OH excluding ortho intramolecular Hbond substituents is 1. The summed E-state index contributed by atoms with van der Waals surface area (Å²) in [6.45, 7) is 13.9. The summed E-state index contributed by atoms with van der Waals surface area (Å²) in [5, 5.41) is 10.8. The molecule has 40 heavy (non-hydrogen) atoms. The average molecular weight is 549 g/mol. The largest absolute Gasteiger partial charge is 0.508 e. The lowest BCUT2D eigenvalue weighted by atomic mass is 9.60. The van der Waals surface area contributed by atoms with Crippen LogP contribution in [-0.4, -0.2) is 10.7 Å². The first-order valence-electron chi connectivity index (χ1n) is 16.9. The molecule has 0 fully saturated rings. The molecule has 3 atom stereocenters. The van der Waals surface area contributed by atoms with Crippen molar-refractivity contribution in [2.45, 2.75) is 162 Å². The lowest BCUT2D eigenvalue weighted by molar-refractivity contribution is -0.0176. The van der Waals surface area contributed by atoms with E-state index in [2.05, 4.69) is 71.9 Å². The Hall–Kier alpha value is -1.96. The number of benzene rings is 2. The Morgan fingerprint density at radius 2 is 1.27 bits per heavy atom. The summed E-state index contributed by atoms with van der Waals surface area (Å²) < 4.78 is 6.83. The first-order chi connectivity index (χ1) is 19.3. The Balaban J connectivity index is 1.78. The topological polar surface area (TPSA) is 29.5 Å². The molecule has 0 spiro atoms. The van der Waals surface area contributed by atoms with Crippen molar-refractivity contribution in [1.29, 1.82) is 0 Å². The maximum absolute atomic E-state index is 10.8. The van der Waals surface area contributed by atoms with Gasteiger partial charge in [-0.05, 0) is 67.9 Å². The van der Waals surface area contributed by atoms with E-state index in [1.54, 1.807) is 0 Å². The van der Waals surface area contributed by atoms with E-state index in [0.717, 1.165) is 37.0 Å². The molecule has 1 N–H and O–H groups in total. The van der Waals surface area contributed by atoms with E-state index >= 15 is 0 Å². The van der Waals surface area contributed by atoms with Crippen LogP contribution < -0.4 is 4.74 Å². The Morgan fingerprint density at radius 3 is 1.88 bits per heavy atom. The summed E-state index contributed by atoms with van der Waals surface area (Å²) in [7, 11) is 0. The van der Waals surface area contributed by atoms with E-state index in [1.807, 2.05) is 6.07 Å². The van der Waals surface area contributed by atoms with Gasteiger partial charge in [0, 0.05) is 16.9 Å². The Labute approximate surface area is 247 Å². The molecule has 224 valence electrons. The van der Waals surface area contributed by atoms with E-state index in [4.69, 9.17) is 4.74 Å². The van der Waals surface area contributed by atoms with Crippen molar-refractivity contribution in [3.63, 3.8) is 0 Å². The molecular weight excluding hydrogens is 488 g/mol. The fourth-order valence-corrected chi connectivity index (χ4v) is 6.87. The molecule has 2 aromatic carbocycles. The number of phenols is 1. The van der Waals surface area contributed by atoms with Crippen LogP contribution in [0.4, 0.5) is 0 Å². The summed E-state index contributed by atoms with van der Waals surface area (Å²) >= 11 is 0. The molecule has 2 nitrogen and oxygen atoms in total. The van der Waals surface area contributed by atoms with Gasteiger partial charge in [-0.1, -0.05) is 136 Å². The first kappa shape index (κ1) is 32.6. The lowest BCUT2D eigenvalue weighted by Crippen LogP contribution is -2.53. The van der Waals surface area contributed by atoms with Gasteiger partial charge in [-0.25, -0.2) is 0 Å². The van der Waals surface area contributed by atoms with Gasteiger partial charge in [0.15, 0.2) is 0 Å². The van der Waals surface area contributed by atoms with Crippen LogP contribution in [0.5, 0.6) is 11.5 Å². The van der Waals surface area contributed by atoms with Crippen LogP contribution in [0.3, 0.4) is 0 Å². The van der Waals surface area contributed by atoms with Crippen molar-refractivity contribution < 1.29 is 9.84 Å². The maximum atomic E-state index is 10.8. The van der Waals surface area contributed by atoms with Gasteiger partial charge in [0.25, 0.3) is 0 Å². The summed E-state index contributed by atoms with van der Waals surface area (Å²) in [6, 6.07) is 13.4. The molecule has 0 aromatic heterocycles. The fraction of sp³-hybridized carbons (Fsp3) is 0.684. The number of ether oxygens (including phenoxy) is 1. The van der Waals surface area contributed by atoms with Gasteiger partial charge >= 0.3 is 0 Å². The normalized spacial score (nSPS) is 22.2. The summed E-state index contributed by atoms with van der Waals surface area (Å²) in [5.41, 5.74) is 4.67. The standard InChI is InChI=1S/C38H60O2/c1-7-10-12-14-16-18-20-22-31-24-26-34-36(28-31)40-37(5,9-3)30(4)38(34,6)33-25-27-35(39)32(29-33)23-21-19-17-15-13-11-8-2/h24-30,39H,7-23H2,1-6H3. The van der Waals surface area contributed by atoms with E-state index in [-0.39, 0.29) is 11.0 Å². The summed E-state index contributed by atoms with van der Waals surface area (Å²) in [4.78, 5) is 0. The maximum Gasteiger partial charge on any atom is 0.124 e. The Kier molecular flexibility index (Phi) is 12.9. The monoisotopic (exact) mass is 548 g/mol. The third-order valence-electron chi connectivity index (χ3n) is 10.2. The molecule has 0 saturated heterocycles. The van der Waals surface area contributed by atoms with Crippen molar-refractivity contribution in [3.05, 3.63) is 58.7 Å². The average Bonchev–Trinajstić information content (AvgIpc) is 2.95. The molecule has 0 saturated carbocycles. The van der Waals surface area contributed by atoms with Crippen LogP contribution >= 0.6 is 0 Å². The van der Waals surface area contributed by atoms with Crippen molar-refractivity contribution in [2.75, 3.05) is 0 Å². The van der Waals surface area contributed by atoms with Gasteiger partial charge in [-0.15, -0.1) is 0 Å². The van der Waals surface area contributed by atoms with Crippen LogP contribution in [0.2, 0.25) is 0 Å². The zero-order valence-corrected chi connectivity index (χ0v) is 26.9. The van der Waals surface area contributed by atoms with Crippen molar-refractivity contribution >= 4 is 0 Å². The SMILES string of the molecule is CCCCCCCCCc1ccc2c(c1)OC(C)(CC)C(C)C2(C)c1ccc(O)c(CCCCCCCCC)c1. The quantitative estimate of drug-likeness (QED) is 0.188. The third-order valence-corrected chi connectivity index (χ3v) is 10.2. The van der Waals surface area contributed by atoms with Gasteiger partial charge < -0.3 is 9.84 Å². The zero-order valence-electron chi connectivity index (χ0n) is 26.9. The second kappa shape index (κ2) is 15.9. The number of hydrogen-bond donors (Lipinski definition) is 1. The second-order valence-electron chi connectivity index (χ2n) is 13.1. The molecule has 3 unspecified atom stereocenters. The predicted molar refractivity (Wildman–Crippen MR) is 173 cm³/mol. The van der Waals surface area contributed by atoms with Crippen molar-refractivity contribution in [1.82, 2.24) is 0 Å². The summed E-state index contributed by atoms with van der Waals surface area (Å²) in [5.74, 6) is 1.80. The molecule has 0 amide bonds. The van der Waals surface area contributed by atoms with Crippen LogP contribution in [0, 0.1) is 5.92 Å². The molecule has 0 bridgehead atoms. The molecule has 1 aliphatic rings. The zero-order chi connectivity index (χ0) is 29.0. The van der Waals surface area contributed by atoms with Crippen LogP contribution in [0.1, 0.15) is 160 Å². The number of rotatable bonds is 18. The van der Waals surface area contributed by atoms with Gasteiger partial charge in [-0.3, -0.25) is 0 Å². The van der Waals surface area contributed by atoms with Crippen LogP contribution in [-0.2, 0) is 18.3 Å². The van der Waals surface area contributed by atoms with Gasteiger partial charge in [0.1, 0.15) is 17.1 Å². The highest BCUT2D eigenvalue weighted by Gasteiger charge is 2.51. The van der Waals surface area contributed by atoms with Crippen molar-refractivity contribution in [2.24, 2.45) is 5.92 Å². The van der Waals surface area contributed by atoms with E-state index in [1.165, 1.54) is 100 Å². The molecular formula is C38H60O2. The number of hydrogen-bond acceptors (Lipinski definition) is 2. The second-order valence-corrected chi connectivity index (χ2v) is 13.1. The number of aryl methyl sites for hydroxylation is 2. The molecule has 2 heteroatoms. The van der Waals surface area contributed by atoms with E-state index in [0.29, 0.717) is 11.7 Å². The molecule has 0 aliphatic carbocycles. The van der Waals surface area contributed by atoms with Gasteiger partial charge in [0.05, 0.1) is 0 Å². The highest BCUT2D eigenvalue weighted by Crippen LogP contribution is 2.54. The number of aromatic hydroxyl groups is 1. The number of fused-ring (bicyclic) bond motifs is 1. The molecule has 1 heterocycles. The highest BCUT2D eigenvalue weighted by atomic mass is 16.5. The fourth-order valence-electron chi connectivity index (χ4n) is 6.87. The van der Waals surface area contributed by atoms with Gasteiger partial charge in [-0.2, -0.15) is 0 Å². The number of unbranched alkanes of at least 4 members (excludes halogenated alkanes) is 12.